The number of hydrogen-bond donors (Lipinski definition) is 1. The number of nitrogens with zero attached hydrogens (tertiary/aromatic N) is 1. The molecule has 1 aromatic rings. The second-order valence-corrected chi connectivity index (χ2v) is 6.16. The lowest BCUT2D eigenvalue weighted by Crippen LogP contribution is -2.37. The summed E-state index contributed by atoms with van der Waals surface area (Å²) in [5.74, 6) is -1.04. The summed E-state index contributed by atoms with van der Waals surface area (Å²) >= 11 is 3.45. The van der Waals surface area contributed by atoms with Gasteiger partial charge in [-0.1, -0.05) is 48.0 Å². The summed E-state index contributed by atoms with van der Waals surface area (Å²) in [5, 5.41) is 9.41. The zero-order valence-corrected chi connectivity index (χ0v) is 14.3. The van der Waals surface area contributed by atoms with Gasteiger partial charge in [0.05, 0.1) is 5.41 Å². The predicted octanol–water partition coefficient (Wildman–Crippen LogP) is 3.69. The third-order valence-electron chi connectivity index (χ3n) is 4.09. The van der Waals surface area contributed by atoms with Gasteiger partial charge in [0.1, 0.15) is 0 Å². The van der Waals surface area contributed by atoms with Crippen LogP contribution in [-0.4, -0.2) is 28.9 Å². The predicted molar refractivity (Wildman–Crippen MR) is 85.9 cm³/mol. The number of amides is 1. The van der Waals surface area contributed by atoms with E-state index in [9.17, 15) is 14.7 Å². The first kappa shape index (κ1) is 17.7. The lowest BCUT2D eigenvalue weighted by atomic mass is 9.79. The fourth-order valence-electron chi connectivity index (χ4n) is 2.27. The van der Waals surface area contributed by atoms with Gasteiger partial charge in [-0.25, -0.2) is 0 Å². The van der Waals surface area contributed by atoms with E-state index in [1.807, 2.05) is 38.1 Å². The molecular weight excluding hydrogens is 334 g/mol. The van der Waals surface area contributed by atoms with E-state index < -0.39 is 11.4 Å². The maximum absolute atomic E-state index is 12.3. The summed E-state index contributed by atoms with van der Waals surface area (Å²) in [7, 11) is 1.71. The summed E-state index contributed by atoms with van der Waals surface area (Å²) in [6, 6.07) is 7.70. The highest BCUT2D eigenvalue weighted by atomic mass is 79.9. The van der Waals surface area contributed by atoms with Crippen molar-refractivity contribution in [3.05, 3.63) is 34.3 Å². The van der Waals surface area contributed by atoms with E-state index in [1.165, 1.54) is 0 Å². The van der Waals surface area contributed by atoms with Gasteiger partial charge >= 0.3 is 5.97 Å². The van der Waals surface area contributed by atoms with Gasteiger partial charge in [-0.05, 0) is 24.5 Å². The standard InChI is InChI=1S/C16H22BrNO3/c1-4-16(5-2,15(20)21)10-14(19)18(3)11-12-8-6-7-9-13(12)17/h6-9H,4-5,10-11H2,1-3H3,(H,20,21). The summed E-state index contributed by atoms with van der Waals surface area (Å²) in [6.07, 6.45) is 0.942. The maximum atomic E-state index is 12.3. The van der Waals surface area contributed by atoms with Crippen molar-refractivity contribution in [2.45, 2.75) is 39.7 Å². The highest BCUT2D eigenvalue weighted by molar-refractivity contribution is 9.10. The molecule has 0 saturated heterocycles. The van der Waals surface area contributed by atoms with Gasteiger partial charge in [-0.2, -0.15) is 0 Å². The van der Waals surface area contributed by atoms with Crippen LogP contribution in [0.25, 0.3) is 0 Å². The minimum Gasteiger partial charge on any atom is -0.481 e. The molecule has 0 saturated carbocycles. The van der Waals surface area contributed by atoms with Crippen molar-refractivity contribution >= 4 is 27.8 Å². The molecule has 1 N–H and O–H groups in total. The van der Waals surface area contributed by atoms with Gasteiger partial charge in [0.15, 0.2) is 0 Å². The Morgan fingerprint density at radius 2 is 1.81 bits per heavy atom. The summed E-state index contributed by atoms with van der Waals surface area (Å²) in [4.78, 5) is 25.4. The molecule has 5 heteroatoms. The van der Waals surface area contributed by atoms with E-state index in [0.29, 0.717) is 19.4 Å². The van der Waals surface area contributed by atoms with E-state index in [0.717, 1.165) is 10.0 Å². The molecule has 116 valence electrons. The monoisotopic (exact) mass is 355 g/mol. The van der Waals surface area contributed by atoms with Crippen LogP contribution in [0.1, 0.15) is 38.7 Å². The number of halogens is 1. The van der Waals surface area contributed by atoms with Gasteiger partial charge in [0, 0.05) is 24.5 Å². The van der Waals surface area contributed by atoms with Crippen LogP contribution in [0.2, 0.25) is 0 Å². The molecule has 0 atom stereocenters. The number of aliphatic carboxylic acids is 1. The zero-order chi connectivity index (χ0) is 16.0. The van der Waals surface area contributed by atoms with Crippen molar-refractivity contribution in [2.75, 3.05) is 7.05 Å². The molecular formula is C16H22BrNO3. The van der Waals surface area contributed by atoms with E-state index in [2.05, 4.69) is 15.9 Å². The van der Waals surface area contributed by atoms with Gasteiger partial charge in [-0.15, -0.1) is 0 Å². The number of benzene rings is 1. The lowest BCUT2D eigenvalue weighted by Gasteiger charge is -2.28. The molecule has 1 aromatic carbocycles. The van der Waals surface area contributed by atoms with Crippen molar-refractivity contribution in [3.63, 3.8) is 0 Å². The second-order valence-electron chi connectivity index (χ2n) is 5.31. The number of rotatable bonds is 7. The summed E-state index contributed by atoms with van der Waals surface area (Å²) in [6.45, 7) is 4.10. The van der Waals surface area contributed by atoms with E-state index in [1.54, 1.807) is 11.9 Å². The topological polar surface area (TPSA) is 57.6 Å². The highest BCUT2D eigenvalue weighted by Gasteiger charge is 2.37. The largest absolute Gasteiger partial charge is 0.481 e. The third kappa shape index (κ3) is 4.30. The van der Waals surface area contributed by atoms with Crippen molar-refractivity contribution in [1.82, 2.24) is 4.90 Å². The number of carboxylic acid groups (broad SMARTS) is 1. The molecule has 0 fully saturated rings. The number of carbonyl (C=O) groups is 2. The van der Waals surface area contributed by atoms with Crippen LogP contribution in [-0.2, 0) is 16.1 Å². The van der Waals surface area contributed by atoms with Crippen LogP contribution >= 0.6 is 15.9 Å². The Morgan fingerprint density at radius 1 is 1.24 bits per heavy atom. The van der Waals surface area contributed by atoms with Crippen molar-refractivity contribution in [1.29, 1.82) is 0 Å². The molecule has 0 aromatic heterocycles. The Bertz CT molecular complexity index is 512. The normalized spacial score (nSPS) is 11.2. The van der Waals surface area contributed by atoms with Crippen LogP contribution < -0.4 is 0 Å². The number of hydrogen-bond acceptors (Lipinski definition) is 2. The fourth-order valence-corrected chi connectivity index (χ4v) is 2.68. The Morgan fingerprint density at radius 3 is 2.29 bits per heavy atom. The fraction of sp³-hybridized carbons (Fsp3) is 0.500. The van der Waals surface area contributed by atoms with Crippen LogP contribution in [0.15, 0.2) is 28.7 Å². The van der Waals surface area contributed by atoms with Crippen LogP contribution in [0.4, 0.5) is 0 Å². The van der Waals surface area contributed by atoms with Crippen LogP contribution in [0.5, 0.6) is 0 Å². The SMILES string of the molecule is CCC(CC)(CC(=O)N(C)Cc1ccccc1Br)C(=O)O. The van der Waals surface area contributed by atoms with Crippen molar-refractivity contribution in [2.24, 2.45) is 5.41 Å². The first-order chi connectivity index (χ1) is 9.86. The minimum atomic E-state index is -0.959. The quantitative estimate of drug-likeness (QED) is 0.811. The highest BCUT2D eigenvalue weighted by Crippen LogP contribution is 2.32. The molecule has 0 aliphatic carbocycles. The average Bonchev–Trinajstić information content (AvgIpc) is 2.46. The van der Waals surface area contributed by atoms with Gasteiger partial charge < -0.3 is 10.0 Å². The zero-order valence-electron chi connectivity index (χ0n) is 12.7. The molecule has 0 heterocycles. The Hall–Kier alpha value is -1.36. The molecule has 21 heavy (non-hydrogen) atoms. The summed E-state index contributed by atoms with van der Waals surface area (Å²) < 4.78 is 0.945. The first-order valence-corrected chi connectivity index (χ1v) is 7.86. The van der Waals surface area contributed by atoms with Crippen molar-refractivity contribution < 1.29 is 14.7 Å². The summed E-state index contributed by atoms with van der Waals surface area (Å²) in [5.41, 5.74) is 0.0430. The first-order valence-electron chi connectivity index (χ1n) is 7.07. The number of carbonyl (C=O) groups excluding carboxylic acids is 1. The van der Waals surface area contributed by atoms with Crippen LogP contribution in [0.3, 0.4) is 0 Å². The Balaban J connectivity index is 2.79. The molecule has 1 rings (SSSR count). The van der Waals surface area contributed by atoms with E-state index in [-0.39, 0.29) is 12.3 Å². The Labute approximate surface area is 134 Å². The molecule has 0 radical (unpaired) electrons. The van der Waals surface area contributed by atoms with Gasteiger partial charge in [0.2, 0.25) is 5.91 Å². The second kappa shape index (κ2) is 7.59. The van der Waals surface area contributed by atoms with Crippen LogP contribution in [0, 0.1) is 5.41 Å². The molecule has 0 aliphatic heterocycles. The third-order valence-corrected chi connectivity index (χ3v) is 4.86. The van der Waals surface area contributed by atoms with E-state index >= 15 is 0 Å². The van der Waals surface area contributed by atoms with Crippen molar-refractivity contribution in [3.8, 4) is 0 Å². The molecule has 0 bridgehead atoms. The van der Waals surface area contributed by atoms with Gasteiger partial charge in [0.25, 0.3) is 0 Å². The smallest absolute Gasteiger partial charge is 0.310 e. The number of carboxylic acids is 1. The van der Waals surface area contributed by atoms with Gasteiger partial charge in [-0.3, -0.25) is 9.59 Å². The molecule has 1 amide bonds. The molecule has 0 spiro atoms. The molecule has 4 nitrogen and oxygen atoms in total. The average molecular weight is 356 g/mol. The minimum absolute atomic E-state index is 0.0380. The Kier molecular flexibility index (Phi) is 6.40. The molecule has 0 unspecified atom stereocenters. The maximum Gasteiger partial charge on any atom is 0.310 e. The lowest BCUT2D eigenvalue weighted by molar-refractivity contribution is -0.154. The van der Waals surface area contributed by atoms with E-state index in [4.69, 9.17) is 0 Å². The molecule has 0 aliphatic rings.